The van der Waals surface area contributed by atoms with Gasteiger partial charge in [-0.25, -0.2) is 4.79 Å². The Balaban J connectivity index is 1.14. The van der Waals surface area contributed by atoms with Crippen LogP contribution in [0.15, 0.2) is 36.7 Å². The van der Waals surface area contributed by atoms with Crippen LogP contribution in [0.1, 0.15) is 12.0 Å². The minimum atomic E-state index is -0.188. The molecule has 0 spiro atoms. The first-order chi connectivity index (χ1) is 13.7. The predicted molar refractivity (Wildman–Crippen MR) is 99.3 cm³/mol. The molecule has 1 aromatic carbocycles. The summed E-state index contributed by atoms with van der Waals surface area (Å²) in [4.78, 5) is 14.4. The maximum Gasteiger partial charge on any atom is 0.315 e. The summed E-state index contributed by atoms with van der Waals surface area (Å²) in [5.74, 6) is 2.29. The number of fused-ring (bicyclic) bond motifs is 2. The number of ether oxygens (including phenoxy) is 2. The van der Waals surface area contributed by atoms with Crippen molar-refractivity contribution in [2.75, 3.05) is 24.8 Å². The largest absolute Gasteiger partial charge is 0.454 e. The van der Waals surface area contributed by atoms with Gasteiger partial charge in [0.15, 0.2) is 17.1 Å². The van der Waals surface area contributed by atoms with Crippen LogP contribution in [0.2, 0.25) is 0 Å². The van der Waals surface area contributed by atoms with Gasteiger partial charge in [0.05, 0.1) is 0 Å². The maximum absolute atomic E-state index is 12.3. The number of carbonyl (C=O) groups excluding carboxylic acids is 1. The van der Waals surface area contributed by atoms with Crippen molar-refractivity contribution >= 4 is 17.5 Å². The normalized spacial score (nSPS) is 17.9. The highest BCUT2D eigenvalue weighted by molar-refractivity contribution is 5.74. The molecule has 28 heavy (non-hydrogen) atoms. The molecule has 0 saturated carbocycles. The van der Waals surface area contributed by atoms with Crippen LogP contribution >= 0.6 is 0 Å². The smallest absolute Gasteiger partial charge is 0.315 e. The summed E-state index contributed by atoms with van der Waals surface area (Å²) < 4.78 is 12.3. The van der Waals surface area contributed by atoms with Crippen LogP contribution in [0, 0.1) is 0 Å². The van der Waals surface area contributed by atoms with Gasteiger partial charge in [-0.05, 0) is 36.2 Å². The van der Waals surface area contributed by atoms with Crippen molar-refractivity contribution in [3.05, 3.63) is 42.2 Å². The van der Waals surface area contributed by atoms with E-state index >= 15 is 0 Å². The number of rotatable bonds is 4. The van der Waals surface area contributed by atoms with Gasteiger partial charge in [0.25, 0.3) is 0 Å². The second-order valence-electron chi connectivity index (χ2n) is 6.77. The van der Waals surface area contributed by atoms with Crippen molar-refractivity contribution in [3.63, 3.8) is 0 Å². The van der Waals surface area contributed by atoms with E-state index < -0.39 is 0 Å². The van der Waals surface area contributed by atoms with E-state index in [2.05, 4.69) is 30.8 Å². The van der Waals surface area contributed by atoms with E-state index in [1.165, 1.54) is 0 Å². The van der Waals surface area contributed by atoms with Gasteiger partial charge in [-0.1, -0.05) is 6.07 Å². The number of aromatic nitrogens is 4. The Bertz CT molecular complexity index is 1020. The van der Waals surface area contributed by atoms with Crippen molar-refractivity contribution in [2.24, 2.45) is 0 Å². The van der Waals surface area contributed by atoms with E-state index in [1.807, 2.05) is 30.3 Å². The van der Waals surface area contributed by atoms with E-state index in [0.717, 1.165) is 30.1 Å². The molecule has 4 heterocycles. The van der Waals surface area contributed by atoms with Crippen LogP contribution in [0.3, 0.4) is 0 Å². The molecule has 1 unspecified atom stereocenters. The molecule has 10 heteroatoms. The number of benzene rings is 1. The van der Waals surface area contributed by atoms with Gasteiger partial charge in [-0.15, -0.1) is 15.3 Å². The van der Waals surface area contributed by atoms with E-state index in [4.69, 9.17) is 9.47 Å². The quantitative estimate of drug-likeness (QED) is 0.692. The van der Waals surface area contributed by atoms with Gasteiger partial charge < -0.3 is 25.0 Å². The zero-order chi connectivity index (χ0) is 18.9. The van der Waals surface area contributed by atoms with Crippen LogP contribution in [-0.2, 0) is 6.54 Å². The molecule has 0 aliphatic carbocycles. The van der Waals surface area contributed by atoms with E-state index in [0.29, 0.717) is 24.5 Å². The summed E-state index contributed by atoms with van der Waals surface area (Å²) in [7, 11) is 0. The molecule has 0 radical (unpaired) electrons. The van der Waals surface area contributed by atoms with Gasteiger partial charge in [0, 0.05) is 25.7 Å². The van der Waals surface area contributed by atoms with Gasteiger partial charge >= 0.3 is 6.03 Å². The number of amides is 2. The molecular weight excluding hydrogens is 362 g/mol. The number of hydrogen-bond acceptors (Lipinski definition) is 7. The predicted octanol–water partition coefficient (Wildman–Crippen LogP) is 0.931. The minimum Gasteiger partial charge on any atom is -0.454 e. The third-order valence-corrected chi connectivity index (χ3v) is 4.89. The molecule has 1 fully saturated rings. The lowest BCUT2D eigenvalue weighted by molar-refractivity contribution is 0.174. The number of nitrogens with zero attached hydrogens (tertiary/aromatic N) is 5. The summed E-state index contributed by atoms with van der Waals surface area (Å²) in [6, 6.07) is 9.33. The Morgan fingerprint density at radius 1 is 1.21 bits per heavy atom. The Kier molecular flexibility index (Phi) is 4.08. The summed E-state index contributed by atoms with van der Waals surface area (Å²) >= 11 is 0. The van der Waals surface area contributed by atoms with Crippen LogP contribution < -0.4 is 25.0 Å². The number of carbonyl (C=O) groups is 1. The van der Waals surface area contributed by atoms with Crippen molar-refractivity contribution < 1.29 is 14.3 Å². The molecule has 2 amide bonds. The van der Waals surface area contributed by atoms with Crippen LogP contribution in [-0.4, -0.2) is 51.8 Å². The van der Waals surface area contributed by atoms with Gasteiger partial charge in [-0.2, -0.15) is 4.52 Å². The van der Waals surface area contributed by atoms with Gasteiger partial charge in [0.2, 0.25) is 6.79 Å². The fraction of sp³-hybridized carbons (Fsp3) is 0.333. The molecule has 2 aliphatic rings. The summed E-state index contributed by atoms with van der Waals surface area (Å²) in [6.45, 7) is 2.20. The highest BCUT2D eigenvalue weighted by Gasteiger charge is 2.25. The Morgan fingerprint density at radius 2 is 2.14 bits per heavy atom. The van der Waals surface area contributed by atoms with Gasteiger partial charge in [-0.3, -0.25) is 0 Å². The molecule has 10 nitrogen and oxygen atoms in total. The second-order valence-corrected chi connectivity index (χ2v) is 6.77. The van der Waals surface area contributed by atoms with E-state index in [1.54, 1.807) is 10.8 Å². The van der Waals surface area contributed by atoms with Crippen LogP contribution in [0.5, 0.6) is 11.5 Å². The third kappa shape index (κ3) is 3.24. The third-order valence-electron chi connectivity index (χ3n) is 4.89. The maximum atomic E-state index is 12.3. The molecule has 1 saturated heterocycles. The summed E-state index contributed by atoms with van der Waals surface area (Å²) in [5, 5.41) is 18.2. The first-order valence-corrected chi connectivity index (χ1v) is 9.09. The lowest BCUT2D eigenvalue weighted by atomic mass is 10.2. The molecule has 3 aromatic rings. The first-order valence-electron chi connectivity index (χ1n) is 9.09. The van der Waals surface area contributed by atoms with E-state index in [-0.39, 0.29) is 18.9 Å². The number of hydrogen-bond donors (Lipinski definition) is 2. The van der Waals surface area contributed by atoms with Crippen LogP contribution in [0.4, 0.5) is 10.6 Å². The van der Waals surface area contributed by atoms with Crippen molar-refractivity contribution in [1.82, 2.24) is 30.4 Å². The molecule has 5 rings (SSSR count). The Morgan fingerprint density at radius 3 is 3.11 bits per heavy atom. The van der Waals surface area contributed by atoms with Crippen LogP contribution in [0.25, 0.3) is 5.65 Å². The average molecular weight is 381 g/mol. The topological polar surface area (TPSA) is 106 Å². The molecule has 0 bridgehead atoms. The van der Waals surface area contributed by atoms with Crippen molar-refractivity contribution in [3.8, 4) is 11.5 Å². The SMILES string of the molecule is O=C(NCc1ccc2c(c1)OCO2)NC1CCN(c2ccc3nncn3n2)C1. The monoisotopic (exact) mass is 381 g/mol. The molecule has 2 aliphatic heterocycles. The van der Waals surface area contributed by atoms with Crippen molar-refractivity contribution in [1.29, 1.82) is 0 Å². The fourth-order valence-corrected chi connectivity index (χ4v) is 3.44. The minimum absolute atomic E-state index is 0.0650. The molecule has 2 N–H and O–H groups in total. The average Bonchev–Trinajstić information content (AvgIpc) is 3.45. The Hall–Kier alpha value is -3.56. The van der Waals surface area contributed by atoms with E-state index in [9.17, 15) is 4.79 Å². The first kappa shape index (κ1) is 16.6. The zero-order valence-electron chi connectivity index (χ0n) is 15.0. The summed E-state index contributed by atoms with van der Waals surface area (Å²) in [5.41, 5.74) is 1.67. The second kappa shape index (κ2) is 6.87. The lowest BCUT2D eigenvalue weighted by Crippen LogP contribution is -2.43. The number of urea groups is 1. The van der Waals surface area contributed by atoms with Gasteiger partial charge in [0.1, 0.15) is 12.1 Å². The highest BCUT2D eigenvalue weighted by atomic mass is 16.7. The fourth-order valence-electron chi connectivity index (χ4n) is 3.44. The molecule has 1 atom stereocenters. The molecular formula is C18H19N7O3. The standard InChI is InChI=1S/C18H19N7O3/c26-18(19-8-12-1-2-14-15(7-12)28-11-27-14)21-13-5-6-24(9-13)17-4-3-16-22-20-10-25(16)23-17/h1-4,7,10,13H,5-6,8-9,11H2,(H2,19,21,26). The molecule has 2 aromatic heterocycles. The summed E-state index contributed by atoms with van der Waals surface area (Å²) in [6.07, 6.45) is 2.44. The lowest BCUT2D eigenvalue weighted by Gasteiger charge is -2.18. The highest BCUT2D eigenvalue weighted by Crippen LogP contribution is 2.32. The van der Waals surface area contributed by atoms with Crippen molar-refractivity contribution in [2.45, 2.75) is 19.0 Å². The number of nitrogens with one attached hydrogen (secondary N) is 2. The molecule has 144 valence electrons. The zero-order valence-corrected chi connectivity index (χ0v) is 15.0. The Labute approximate surface area is 160 Å². The number of anilines is 1.